The second-order valence-electron chi connectivity index (χ2n) is 3.90. The van der Waals surface area contributed by atoms with Crippen LogP contribution in [-0.4, -0.2) is 25.7 Å². The van der Waals surface area contributed by atoms with Gasteiger partial charge in [-0.2, -0.15) is 8.42 Å². The molecule has 1 aliphatic heterocycles. The molecule has 1 unspecified atom stereocenters. The number of rotatable bonds is 1. The Morgan fingerprint density at radius 2 is 2.12 bits per heavy atom. The molecule has 0 spiro atoms. The first-order valence-corrected chi connectivity index (χ1v) is 7.30. The molecule has 0 saturated carbocycles. The van der Waals surface area contributed by atoms with Gasteiger partial charge in [0.25, 0.3) is 0 Å². The van der Waals surface area contributed by atoms with E-state index < -0.39 is 30.4 Å². The van der Waals surface area contributed by atoms with Crippen LogP contribution in [-0.2, 0) is 23.5 Å². The van der Waals surface area contributed by atoms with Crippen molar-refractivity contribution in [2.24, 2.45) is 4.99 Å². The zero-order valence-electron chi connectivity index (χ0n) is 9.05. The predicted octanol–water partition coefficient (Wildman–Crippen LogP) is 0.764. The fourth-order valence-corrected chi connectivity index (χ4v) is 2.44. The lowest BCUT2D eigenvalue weighted by Crippen LogP contribution is -2.31. The number of ether oxygens (including phenoxy) is 1. The minimum Gasteiger partial charge on any atom is -0.444 e. The number of alkyl carbamates (subject to hydrolysis) is 1. The SMILES string of the molecule is CC(C)(C)OC(=O)NC1=CS(=S(=O)=O)C=N1. The lowest BCUT2D eigenvalue weighted by atomic mass is 10.2. The molecule has 0 aromatic rings. The number of hydrogen-bond donors (Lipinski definition) is 1. The van der Waals surface area contributed by atoms with Crippen LogP contribution in [0.5, 0.6) is 0 Å². The molecule has 0 aliphatic carbocycles. The molecule has 90 valence electrons. The summed E-state index contributed by atoms with van der Waals surface area (Å²) in [4.78, 5) is 15.0. The summed E-state index contributed by atoms with van der Waals surface area (Å²) in [6, 6.07) is 0. The van der Waals surface area contributed by atoms with E-state index >= 15 is 0 Å². The van der Waals surface area contributed by atoms with Gasteiger partial charge in [-0.3, -0.25) is 5.32 Å². The van der Waals surface area contributed by atoms with E-state index in [0.717, 1.165) is 0 Å². The van der Waals surface area contributed by atoms with Crippen LogP contribution in [0.4, 0.5) is 4.79 Å². The van der Waals surface area contributed by atoms with Gasteiger partial charge in [-0.25, -0.2) is 9.79 Å². The third kappa shape index (κ3) is 4.15. The molecule has 0 bridgehead atoms. The van der Waals surface area contributed by atoms with Crippen LogP contribution >= 0.6 is 0 Å². The standard InChI is InChI=1S/C8H12N2O4S2/c1-8(2,3)14-7(11)10-6-4-15(5-9-6)16(12)13/h4-5H,1-3H3,(H,10,11). The van der Waals surface area contributed by atoms with E-state index in [1.807, 2.05) is 0 Å². The summed E-state index contributed by atoms with van der Waals surface area (Å²) < 4.78 is 26.2. The van der Waals surface area contributed by atoms with E-state index in [9.17, 15) is 13.2 Å². The molecule has 0 aromatic carbocycles. The molecule has 0 fully saturated rings. The van der Waals surface area contributed by atoms with Crippen molar-refractivity contribution in [1.82, 2.24) is 5.32 Å². The van der Waals surface area contributed by atoms with Crippen LogP contribution in [0.25, 0.3) is 0 Å². The van der Waals surface area contributed by atoms with Gasteiger partial charge in [0, 0.05) is 14.9 Å². The zero-order chi connectivity index (χ0) is 12.3. The van der Waals surface area contributed by atoms with E-state index in [-0.39, 0.29) is 5.82 Å². The molecule has 0 aromatic heterocycles. The summed E-state index contributed by atoms with van der Waals surface area (Å²) in [6.07, 6.45) is -0.655. The number of aliphatic imine (C=N–C) groups is 1. The van der Waals surface area contributed by atoms with Crippen molar-refractivity contribution in [2.45, 2.75) is 26.4 Å². The van der Waals surface area contributed by atoms with Crippen molar-refractivity contribution in [3.63, 3.8) is 0 Å². The second-order valence-corrected chi connectivity index (χ2v) is 7.38. The Balaban J connectivity index is 2.66. The summed E-state index contributed by atoms with van der Waals surface area (Å²) in [5.74, 6) is 0.196. The zero-order valence-corrected chi connectivity index (χ0v) is 10.7. The van der Waals surface area contributed by atoms with Crippen LogP contribution in [0.1, 0.15) is 20.8 Å². The fraction of sp³-hybridized carbons (Fsp3) is 0.500. The van der Waals surface area contributed by atoms with Crippen molar-refractivity contribution in [2.75, 3.05) is 0 Å². The van der Waals surface area contributed by atoms with Gasteiger partial charge in [0.2, 0.25) is 9.26 Å². The van der Waals surface area contributed by atoms with Gasteiger partial charge < -0.3 is 4.74 Å². The van der Waals surface area contributed by atoms with Gasteiger partial charge in [-0.1, -0.05) is 0 Å². The van der Waals surface area contributed by atoms with E-state index in [0.29, 0.717) is 0 Å². The first-order chi connectivity index (χ1) is 7.28. The lowest BCUT2D eigenvalue weighted by Gasteiger charge is -2.19. The quantitative estimate of drug-likeness (QED) is 0.758. The van der Waals surface area contributed by atoms with Gasteiger partial charge in [-0.05, 0) is 20.8 Å². The number of nitrogens with zero attached hydrogens (tertiary/aromatic N) is 1. The number of hydrogen-bond acceptors (Lipinski definition) is 5. The highest BCUT2D eigenvalue weighted by atomic mass is 32.9. The van der Waals surface area contributed by atoms with Crippen LogP contribution in [0, 0.1) is 0 Å². The van der Waals surface area contributed by atoms with Crippen molar-refractivity contribution in [3.05, 3.63) is 11.2 Å². The Morgan fingerprint density at radius 3 is 2.56 bits per heavy atom. The first kappa shape index (κ1) is 12.9. The maximum Gasteiger partial charge on any atom is 0.413 e. The number of carbonyl (C=O) groups is 1. The van der Waals surface area contributed by atoms with Crippen molar-refractivity contribution >= 4 is 30.4 Å². The highest BCUT2D eigenvalue weighted by Crippen LogP contribution is 2.09. The van der Waals surface area contributed by atoms with Crippen LogP contribution < -0.4 is 5.32 Å². The average Bonchev–Trinajstić information content (AvgIpc) is 2.48. The maximum absolute atomic E-state index is 11.3. The van der Waals surface area contributed by atoms with E-state index in [1.165, 1.54) is 11.0 Å². The molecule has 1 rings (SSSR count). The average molecular weight is 264 g/mol. The highest BCUT2D eigenvalue weighted by molar-refractivity contribution is 8.42. The Bertz CT molecular complexity index is 489. The summed E-state index contributed by atoms with van der Waals surface area (Å²) in [7, 11) is -3.29. The molecule has 1 heterocycles. The van der Waals surface area contributed by atoms with Crippen molar-refractivity contribution in [1.29, 1.82) is 0 Å². The smallest absolute Gasteiger partial charge is 0.413 e. The summed E-state index contributed by atoms with van der Waals surface area (Å²) >= 11 is 0. The Kier molecular flexibility index (Phi) is 3.87. The van der Waals surface area contributed by atoms with Gasteiger partial charge in [0.05, 0.1) is 5.55 Å². The topological polar surface area (TPSA) is 84.8 Å². The molecular weight excluding hydrogens is 252 g/mol. The summed E-state index contributed by atoms with van der Waals surface area (Å²) in [5.41, 5.74) is 0.659. The Morgan fingerprint density at radius 1 is 1.50 bits per heavy atom. The maximum atomic E-state index is 11.3. The van der Waals surface area contributed by atoms with Crippen LogP contribution in [0.15, 0.2) is 16.2 Å². The summed E-state index contributed by atoms with van der Waals surface area (Å²) in [6.45, 7) is 5.20. The van der Waals surface area contributed by atoms with Crippen molar-refractivity contribution in [3.8, 4) is 0 Å². The molecular formula is C8H12N2O4S2. The van der Waals surface area contributed by atoms with Gasteiger partial charge in [0.15, 0.2) is 0 Å². The van der Waals surface area contributed by atoms with Gasteiger partial charge in [0.1, 0.15) is 11.4 Å². The van der Waals surface area contributed by atoms with E-state index in [1.54, 1.807) is 20.8 Å². The Hall–Kier alpha value is -1.15. The summed E-state index contributed by atoms with van der Waals surface area (Å²) in [5, 5.41) is 3.71. The largest absolute Gasteiger partial charge is 0.444 e. The normalized spacial score (nSPS) is 19.2. The van der Waals surface area contributed by atoms with Gasteiger partial charge >= 0.3 is 6.09 Å². The molecule has 6 nitrogen and oxygen atoms in total. The molecule has 0 radical (unpaired) electrons. The predicted molar refractivity (Wildman–Crippen MR) is 62.2 cm³/mol. The van der Waals surface area contributed by atoms with Crippen LogP contribution in [0.3, 0.4) is 0 Å². The van der Waals surface area contributed by atoms with E-state index in [4.69, 9.17) is 4.74 Å². The molecule has 0 saturated heterocycles. The molecule has 16 heavy (non-hydrogen) atoms. The van der Waals surface area contributed by atoms with Crippen molar-refractivity contribution < 1.29 is 17.9 Å². The molecule has 1 N–H and O–H groups in total. The fourth-order valence-electron chi connectivity index (χ4n) is 0.824. The monoisotopic (exact) mass is 264 g/mol. The third-order valence-electron chi connectivity index (χ3n) is 1.31. The van der Waals surface area contributed by atoms with E-state index in [2.05, 4.69) is 10.3 Å². The minimum absolute atomic E-state index is 0.196. The number of carbonyl (C=O) groups excluding carboxylic acids is 1. The minimum atomic E-state index is -2.24. The van der Waals surface area contributed by atoms with Crippen LogP contribution in [0.2, 0.25) is 0 Å². The molecule has 8 heteroatoms. The number of nitrogens with one attached hydrogen (secondary N) is 1. The molecule has 1 amide bonds. The second kappa shape index (κ2) is 4.79. The molecule has 1 atom stereocenters. The highest BCUT2D eigenvalue weighted by Gasteiger charge is 2.17. The molecule has 1 aliphatic rings. The third-order valence-corrected chi connectivity index (χ3v) is 3.88. The van der Waals surface area contributed by atoms with Gasteiger partial charge in [-0.15, -0.1) is 0 Å². The Labute approximate surface area is 96.5 Å². The lowest BCUT2D eigenvalue weighted by molar-refractivity contribution is 0.0546. The number of amides is 1. The first-order valence-electron chi connectivity index (χ1n) is 4.35.